The van der Waals surface area contributed by atoms with Crippen LogP contribution in [-0.4, -0.2) is 23.0 Å². The zero-order valence-electron chi connectivity index (χ0n) is 11.1. The predicted molar refractivity (Wildman–Crippen MR) is 74.2 cm³/mol. The van der Waals surface area contributed by atoms with Crippen molar-refractivity contribution >= 4 is 29.2 Å². The van der Waals surface area contributed by atoms with Crippen LogP contribution in [0.2, 0.25) is 5.02 Å². The average Bonchev–Trinajstić information content (AvgIpc) is 2.32. The number of halogens is 2. The van der Waals surface area contributed by atoms with Crippen molar-refractivity contribution < 1.29 is 19.1 Å². The Morgan fingerprint density at radius 1 is 1.45 bits per heavy atom. The van der Waals surface area contributed by atoms with Gasteiger partial charge < -0.3 is 16.2 Å². The topological polar surface area (TPSA) is 92.4 Å². The molecule has 1 amide bonds. The van der Waals surface area contributed by atoms with E-state index in [4.69, 9.17) is 22.4 Å². The van der Waals surface area contributed by atoms with E-state index in [0.29, 0.717) is 0 Å². The van der Waals surface area contributed by atoms with Crippen LogP contribution in [0.25, 0.3) is 0 Å². The summed E-state index contributed by atoms with van der Waals surface area (Å²) in [4.78, 5) is 23.1. The molecule has 1 rings (SSSR count). The molecule has 0 spiro atoms. The van der Waals surface area contributed by atoms with E-state index in [-0.39, 0.29) is 28.6 Å². The Kier molecular flexibility index (Phi) is 5.33. The highest BCUT2D eigenvalue weighted by molar-refractivity contribution is 6.31. The SMILES string of the molecule is CC(C)C[C@@H](NC(=O)c1cc(Cl)cc(F)c1N)C(=O)O. The van der Waals surface area contributed by atoms with E-state index in [9.17, 15) is 14.0 Å². The summed E-state index contributed by atoms with van der Waals surface area (Å²) in [5.41, 5.74) is 4.93. The summed E-state index contributed by atoms with van der Waals surface area (Å²) in [7, 11) is 0. The first-order valence-electron chi connectivity index (χ1n) is 6.00. The van der Waals surface area contributed by atoms with E-state index >= 15 is 0 Å². The second-order valence-electron chi connectivity index (χ2n) is 4.84. The lowest BCUT2D eigenvalue weighted by Gasteiger charge is -2.17. The van der Waals surface area contributed by atoms with Crippen molar-refractivity contribution in [3.05, 3.63) is 28.5 Å². The number of nitrogens with one attached hydrogen (secondary N) is 1. The van der Waals surface area contributed by atoms with Crippen molar-refractivity contribution in [3.63, 3.8) is 0 Å². The molecule has 5 nitrogen and oxygen atoms in total. The predicted octanol–water partition coefficient (Wildman–Crippen LogP) is 2.29. The van der Waals surface area contributed by atoms with Crippen LogP contribution in [0.4, 0.5) is 10.1 Å². The maximum Gasteiger partial charge on any atom is 0.326 e. The van der Waals surface area contributed by atoms with Crippen LogP contribution >= 0.6 is 11.6 Å². The number of carbonyl (C=O) groups excluding carboxylic acids is 1. The Morgan fingerprint density at radius 2 is 2.05 bits per heavy atom. The number of nitrogen functional groups attached to an aromatic ring is 1. The first kappa shape index (κ1) is 16.2. The first-order valence-corrected chi connectivity index (χ1v) is 6.38. The van der Waals surface area contributed by atoms with Crippen LogP contribution in [0.1, 0.15) is 30.6 Å². The third kappa shape index (κ3) is 4.09. The minimum atomic E-state index is -1.16. The monoisotopic (exact) mass is 302 g/mol. The second-order valence-corrected chi connectivity index (χ2v) is 5.28. The lowest BCUT2D eigenvalue weighted by molar-refractivity contribution is -0.139. The summed E-state index contributed by atoms with van der Waals surface area (Å²) in [5.74, 6) is -2.67. The third-order valence-corrected chi connectivity index (χ3v) is 2.87. The van der Waals surface area contributed by atoms with E-state index < -0.39 is 23.7 Å². The van der Waals surface area contributed by atoms with Gasteiger partial charge in [0.15, 0.2) is 0 Å². The van der Waals surface area contributed by atoms with E-state index in [1.165, 1.54) is 6.07 Å². The fourth-order valence-electron chi connectivity index (χ4n) is 1.70. The fourth-order valence-corrected chi connectivity index (χ4v) is 1.91. The lowest BCUT2D eigenvalue weighted by atomic mass is 10.0. The van der Waals surface area contributed by atoms with Crippen LogP contribution in [-0.2, 0) is 4.79 Å². The normalized spacial score (nSPS) is 12.2. The standard InChI is InChI=1S/C13H16ClFN2O3/c1-6(2)3-10(13(19)20)17-12(18)8-4-7(14)5-9(15)11(8)16/h4-6,10H,3,16H2,1-2H3,(H,17,18)(H,19,20)/t10-/m1/s1. The Bertz CT molecular complexity index is 535. The quantitative estimate of drug-likeness (QED) is 0.728. The fraction of sp³-hybridized carbons (Fsp3) is 0.385. The number of hydrogen-bond donors (Lipinski definition) is 3. The zero-order chi connectivity index (χ0) is 15.4. The molecule has 7 heteroatoms. The van der Waals surface area contributed by atoms with Gasteiger partial charge in [-0.15, -0.1) is 0 Å². The second kappa shape index (κ2) is 6.56. The van der Waals surface area contributed by atoms with Gasteiger partial charge in [-0.3, -0.25) is 4.79 Å². The Balaban J connectivity index is 2.97. The molecule has 0 aliphatic heterocycles. The number of aliphatic carboxylic acids is 1. The van der Waals surface area contributed by atoms with Gasteiger partial charge in [-0.2, -0.15) is 0 Å². The number of anilines is 1. The van der Waals surface area contributed by atoms with Crippen LogP contribution in [0, 0.1) is 11.7 Å². The van der Waals surface area contributed by atoms with Crippen molar-refractivity contribution in [1.29, 1.82) is 0 Å². The van der Waals surface area contributed by atoms with Gasteiger partial charge in [-0.05, 0) is 24.5 Å². The maximum atomic E-state index is 13.4. The zero-order valence-corrected chi connectivity index (χ0v) is 11.9. The van der Waals surface area contributed by atoms with Crippen LogP contribution < -0.4 is 11.1 Å². The van der Waals surface area contributed by atoms with Crippen molar-refractivity contribution in [2.45, 2.75) is 26.3 Å². The van der Waals surface area contributed by atoms with Crippen LogP contribution in [0.5, 0.6) is 0 Å². The summed E-state index contributed by atoms with van der Waals surface area (Å²) in [6.07, 6.45) is 0.254. The van der Waals surface area contributed by atoms with Gasteiger partial charge in [-0.1, -0.05) is 25.4 Å². The van der Waals surface area contributed by atoms with Crippen molar-refractivity contribution in [2.75, 3.05) is 5.73 Å². The number of carboxylic acids is 1. The van der Waals surface area contributed by atoms with E-state index in [0.717, 1.165) is 6.07 Å². The Hall–Kier alpha value is -1.82. The van der Waals surface area contributed by atoms with Gasteiger partial charge >= 0.3 is 5.97 Å². The van der Waals surface area contributed by atoms with E-state index in [2.05, 4.69) is 5.32 Å². The molecule has 20 heavy (non-hydrogen) atoms. The van der Waals surface area contributed by atoms with Gasteiger partial charge in [0.05, 0.1) is 11.3 Å². The Morgan fingerprint density at radius 3 is 2.55 bits per heavy atom. The summed E-state index contributed by atoms with van der Waals surface area (Å²) in [6, 6.07) is 1.11. The van der Waals surface area contributed by atoms with Crippen LogP contribution in [0.15, 0.2) is 12.1 Å². The highest BCUT2D eigenvalue weighted by atomic mass is 35.5. The molecule has 1 aromatic carbocycles. The minimum absolute atomic E-state index is 0.0117. The molecule has 4 N–H and O–H groups in total. The van der Waals surface area contributed by atoms with Gasteiger partial charge in [0.2, 0.25) is 0 Å². The molecule has 0 radical (unpaired) electrons. The van der Waals surface area contributed by atoms with Crippen molar-refractivity contribution in [1.82, 2.24) is 5.32 Å². The van der Waals surface area contributed by atoms with E-state index in [1.54, 1.807) is 0 Å². The molecule has 0 aromatic heterocycles. The van der Waals surface area contributed by atoms with Crippen molar-refractivity contribution in [3.8, 4) is 0 Å². The van der Waals surface area contributed by atoms with Crippen LogP contribution in [0.3, 0.4) is 0 Å². The molecule has 0 heterocycles. The number of carboxylic acid groups (broad SMARTS) is 1. The molecule has 0 aliphatic carbocycles. The number of carbonyl (C=O) groups is 2. The number of nitrogens with two attached hydrogens (primary N) is 1. The average molecular weight is 303 g/mol. The summed E-state index contributed by atoms with van der Waals surface area (Å²) in [5, 5.41) is 11.4. The van der Waals surface area contributed by atoms with Gasteiger partial charge in [0.25, 0.3) is 5.91 Å². The molecule has 0 aliphatic rings. The molecule has 0 saturated heterocycles. The highest BCUT2D eigenvalue weighted by Crippen LogP contribution is 2.22. The molecule has 0 bridgehead atoms. The summed E-state index contributed by atoms with van der Waals surface area (Å²) >= 11 is 5.66. The minimum Gasteiger partial charge on any atom is -0.480 e. The maximum absolute atomic E-state index is 13.4. The number of rotatable bonds is 5. The largest absolute Gasteiger partial charge is 0.480 e. The molecular weight excluding hydrogens is 287 g/mol. The molecular formula is C13H16ClFN2O3. The lowest BCUT2D eigenvalue weighted by Crippen LogP contribution is -2.41. The first-order chi connectivity index (χ1) is 9.22. The number of hydrogen-bond acceptors (Lipinski definition) is 3. The molecule has 0 saturated carbocycles. The molecule has 1 aromatic rings. The van der Waals surface area contributed by atoms with E-state index in [1.807, 2.05) is 13.8 Å². The number of benzene rings is 1. The van der Waals surface area contributed by atoms with Crippen molar-refractivity contribution in [2.24, 2.45) is 5.92 Å². The highest BCUT2D eigenvalue weighted by Gasteiger charge is 2.23. The van der Waals surface area contributed by atoms with Gasteiger partial charge in [0, 0.05) is 5.02 Å². The summed E-state index contributed by atoms with van der Waals surface area (Å²) < 4.78 is 13.4. The molecule has 110 valence electrons. The summed E-state index contributed by atoms with van der Waals surface area (Å²) in [6.45, 7) is 3.66. The Labute approximate surface area is 120 Å². The molecule has 0 unspecified atom stereocenters. The number of amides is 1. The molecule has 0 fully saturated rings. The van der Waals surface area contributed by atoms with Gasteiger partial charge in [-0.25, -0.2) is 9.18 Å². The third-order valence-electron chi connectivity index (χ3n) is 2.65. The molecule has 1 atom stereocenters. The van der Waals surface area contributed by atoms with Gasteiger partial charge in [0.1, 0.15) is 11.9 Å². The smallest absolute Gasteiger partial charge is 0.326 e.